The molecule has 170 valence electrons. The quantitative estimate of drug-likeness (QED) is 0.398. The van der Waals surface area contributed by atoms with Gasteiger partial charge in [0.05, 0.1) is 16.8 Å². The number of carbonyl (C=O) groups excluding carboxylic acids is 1. The fourth-order valence-corrected chi connectivity index (χ4v) is 6.39. The maximum absolute atomic E-state index is 12.1. The van der Waals surface area contributed by atoms with Gasteiger partial charge in [0.25, 0.3) is 0 Å². The highest BCUT2D eigenvalue weighted by Crippen LogP contribution is 2.44. The van der Waals surface area contributed by atoms with Gasteiger partial charge >= 0.3 is 6.09 Å². The first-order valence-corrected chi connectivity index (χ1v) is 13.4. The third-order valence-corrected chi connectivity index (χ3v) is 7.98. The van der Waals surface area contributed by atoms with E-state index in [0.717, 1.165) is 52.0 Å². The van der Waals surface area contributed by atoms with Crippen LogP contribution in [0.5, 0.6) is 0 Å². The number of amides is 1. The first-order valence-electron chi connectivity index (χ1n) is 11.4. The van der Waals surface area contributed by atoms with Crippen molar-refractivity contribution in [1.29, 1.82) is 0 Å². The Labute approximate surface area is 196 Å². The lowest BCUT2D eigenvalue weighted by molar-refractivity contribution is 0.105. The van der Waals surface area contributed by atoms with Crippen molar-refractivity contribution in [3.63, 3.8) is 0 Å². The Bertz CT molecular complexity index is 1180. The van der Waals surface area contributed by atoms with E-state index in [1.807, 2.05) is 13.2 Å². The largest absolute Gasteiger partial charge is 0.450 e. The maximum Gasteiger partial charge on any atom is 0.409 e. The molecule has 0 radical (unpaired) electrons. The van der Waals surface area contributed by atoms with Crippen molar-refractivity contribution in [3.8, 4) is 0 Å². The number of thiophene rings is 1. The lowest BCUT2D eigenvalue weighted by Gasteiger charge is -2.34. The molecule has 3 aromatic heterocycles. The van der Waals surface area contributed by atoms with Gasteiger partial charge in [0.1, 0.15) is 4.83 Å². The minimum Gasteiger partial charge on any atom is -0.450 e. The first-order chi connectivity index (χ1) is 15.5. The van der Waals surface area contributed by atoms with Gasteiger partial charge in [-0.05, 0) is 49.5 Å². The molecular weight excluding hydrogens is 442 g/mol. The summed E-state index contributed by atoms with van der Waals surface area (Å²) in [6.07, 6.45) is 5.21. The summed E-state index contributed by atoms with van der Waals surface area (Å²) in [5.74, 6) is 1.39. The number of anilines is 1. The fourth-order valence-electron chi connectivity index (χ4n) is 4.86. The molecule has 7 nitrogen and oxygen atoms in total. The van der Waals surface area contributed by atoms with Crippen LogP contribution in [0.2, 0.25) is 0 Å². The Morgan fingerprint density at radius 2 is 1.88 bits per heavy atom. The molecule has 0 aromatic carbocycles. The van der Waals surface area contributed by atoms with Gasteiger partial charge < -0.3 is 14.5 Å². The van der Waals surface area contributed by atoms with E-state index in [1.165, 1.54) is 28.6 Å². The number of ether oxygens (including phenoxy) is 1. The molecule has 0 bridgehead atoms. The molecule has 0 spiro atoms. The number of aryl methyl sites for hydroxylation is 1. The number of piperazine rings is 1. The number of aromatic nitrogens is 3. The third kappa shape index (κ3) is 3.59. The number of hydrogen-bond donors (Lipinski definition) is 0. The molecule has 3 aromatic rings. The highest BCUT2D eigenvalue weighted by molar-refractivity contribution is 7.98. The number of rotatable bonds is 4. The molecular formula is C23H29N5O2S2. The van der Waals surface area contributed by atoms with E-state index in [9.17, 15) is 4.79 Å². The predicted molar refractivity (Wildman–Crippen MR) is 131 cm³/mol. The summed E-state index contributed by atoms with van der Waals surface area (Å²) >= 11 is 3.30. The van der Waals surface area contributed by atoms with E-state index in [2.05, 4.69) is 18.7 Å². The van der Waals surface area contributed by atoms with Gasteiger partial charge in [-0.3, -0.25) is 0 Å². The average Bonchev–Trinajstić information content (AvgIpc) is 3.42. The smallest absolute Gasteiger partial charge is 0.409 e. The van der Waals surface area contributed by atoms with Crippen LogP contribution >= 0.6 is 23.1 Å². The van der Waals surface area contributed by atoms with Crippen LogP contribution in [-0.2, 0) is 17.6 Å². The average molecular weight is 472 g/mol. The van der Waals surface area contributed by atoms with Crippen LogP contribution in [0.3, 0.4) is 0 Å². The second-order valence-electron chi connectivity index (χ2n) is 8.63. The van der Waals surface area contributed by atoms with Crippen molar-refractivity contribution in [3.05, 3.63) is 16.8 Å². The van der Waals surface area contributed by atoms with Gasteiger partial charge in [-0.2, -0.15) is 0 Å². The Morgan fingerprint density at radius 3 is 2.56 bits per heavy atom. The second-order valence-corrected chi connectivity index (χ2v) is 10.4. The maximum atomic E-state index is 12.1. The van der Waals surface area contributed by atoms with Gasteiger partial charge in [0.15, 0.2) is 11.0 Å². The monoisotopic (exact) mass is 471 g/mol. The van der Waals surface area contributed by atoms with Gasteiger partial charge in [0, 0.05) is 37.3 Å². The number of fused-ring (bicyclic) bond motifs is 5. The van der Waals surface area contributed by atoms with E-state index in [0.29, 0.717) is 25.6 Å². The first kappa shape index (κ1) is 21.7. The normalized spacial score (nSPS) is 16.4. The van der Waals surface area contributed by atoms with Crippen molar-refractivity contribution in [2.24, 2.45) is 0 Å². The summed E-state index contributed by atoms with van der Waals surface area (Å²) in [5, 5.41) is 2.03. The van der Waals surface area contributed by atoms with E-state index in [1.54, 1.807) is 28.0 Å². The minimum atomic E-state index is -0.229. The Morgan fingerprint density at radius 1 is 1.12 bits per heavy atom. The van der Waals surface area contributed by atoms with E-state index >= 15 is 0 Å². The van der Waals surface area contributed by atoms with Crippen molar-refractivity contribution in [2.45, 2.75) is 51.1 Å². The molecule has 1 saturated heterocycles. The zero-order valence-electron chi connectivity index (χ0n) is 19.1. The zero-order valence-corrected chi connectivity index (χ0v) is 20.7. The number of carbonyl (C=O) groups is 1. The molecule has 1 aliphatic carbocycles. The summed E-state index contributed by atoms with van der Waals surface area (Å²) in [6.45, 7) is 9.45. The van der Waals surface area contributed by atoms with Crippen molar-refractivity contribution in [1.82, 2.24) is 19.9 Å². The summed E-state index contributed by atoms with van der Waals surface area (Å²) < 4.78 is 6.29. The third-order valence-electron chi connectivity index (χ3n) is 6.36. The van der Waals surface area contributed by atoms with Crippen LogP contribution < -0.4 is 4.90 Å². The molecule has 0 N–H and O–H groups in total. The summed E-state index contributed by atoms with van der Waals surface area (Å²) in [7, 11) is 0. The highest BCUT2D eigenvalue weighted by Gasteiger charge is 2.29. The molecule has 1 amide bonds. The van der Waals surface area contributed by atoms with Crippen molar-refractivity contribution in [2.75, 3.05) is 43.9 Å². The molecule has 2 aliphatic rings. The Kier molecular flexibility index (Phi) is 5.88. The van der Waals surface area contributed by atoms with Crippen LogP contribution in [-0.4, -0.2) is 65.0 Å². The van der Waals surface area contributed by atoms with Crippen LogP contribution in [0.4, 0.5) is 10.6 Å². The topological polar surface area (TPSA) is 71.5 Å². The van der Waals surface area contributed by atoms with E-state index in [-0.39, 0.29) is 6.09 Å². The lowest BCUT2D eigenvalue weighted by Crippen LogP contribution is -2.49. The minimum absolute atomic E-state index is 0.229. The molecule has 0 atom stereocenters. The second kappa shape index (κ2) is 8.67. The predicted octanol–water partition coefficient (Wildman–Crippen LogP) is 4.85. The molecule has 0 unspecified atom stereocenters. The summed E-state index contributed by atoms with van der Waals surface area (Å²) in [4.78, 5) is 32.3. The van der Waals surface area contributed by atoms with Crippen LogP contribution in [0.1, 0.15) is 49.9 Å². The fraction of sp³-hybridized carbons (Fsp3) is 0.565. The SMILES string of the molecule is CCOC(=O)N1CCN(c2nc(SC)nc3c2sc2nc(C(C)C)c4c(c23)CCC4)CC1. The van der Waals surface area contributed by atoms with Gasteiger partial charge in [-0.1, -0.05) is 25.6 Å². The van der Waals surface area contributed by atoms with Crippen molar-refractivity contribution >= 4 is 55.4 Å². The molecule has 32 heavy (non-hydrogen) atoms. The van der Waals surface area contributed by atoms with E-state index < -0.39 is 0 Å². The molecule has 4 heterocycles. The molecule has 9 heteroatoms. The van der Waals surface area contributed by atoms with E-state index in [4.69, 9.17) is 19.7 Å². The van der Waals surface area contributed by atoms with Crippen molar-refractivity contribution < 1.29 is 9.53 Å². The Balaban J connectivity index is 1.61. The van der Waals surface area contributed by atoms with Gasteiger partial charge in [-0.25, -0.2) is 19.7 Å². The number of hydrogen-bond acceptors (Lipinski definition) is 8. The summed E-state index contributed by atoms with van der Waals surface area (Å²) in [5.41, 5.74) is 5.20. The molecule has 1 aliphatic heterocycles. The van der Waals surface area contributed by atoms with Gasteiger partial charge in [-0.15, -0.1) is 11.3 Å². The standard InChI is InChI=1S/C23H29N5O2S2/c1-5-30-23(29)28-11-9-27(10-12-28)20-19-18(25-22(26-20)31-4)16-14-7-6-8-15(14)17(13(2)3)24-21(16)32-19/h13H,5-12H2,1-4H3. The Hall–Kier alpha value is -2.13. The van der Waals surface area contributed by atoms with Crippen LogP contribution in [0, 0.1) is 0 Å². The number of nitrogens with zero attached hydrogens (tertiary/aromatic N) is 5. The molecule has 1 fully saturated rings. The lowest BCUT2D eigenvalue weighted by atomic mass is 9.99. The number of thioether (sulfide) groups is 1. The zero-order chi connectivity index (χ0) is 22.4. The molecule has 0 saturated carbocycles. The number of pyridine rings is 1. The highest BCUT2D eigenvalue weighted by atomic mass is 32.2. The van der Waals surface area contributed by atoms with Crippen LogP contribution in [0.15, 0.2) is 5.16 Å². The van der Waals surface area contributed by atoms with Gasteiger partial charge in [0.2, 0.25) is 0 Å². The molecule has 5 rings (SSSR count). The summed E-state index contributed by atoms with van der Waals surface area (Å²) in [6, 6.07) is 0. The van der Waals surface area contributed by atoms with Crippen LogP contribution in [0.25, 0.3) is 20.4 Å².